The fourth-order valence-corrected chi connectivity index (χ4v) is 1.25. The zero-order chi connectivity index (χ0) is 10.7. The summed E-state index contributed by atoms with van der Waals surface area (Å²) in [7, 11) is 0. The van der Waals surface area contributed by atoms with Gasteiger partial charge in [0.1, 0.15) is 12.7 Å². The second-order valence-corrected chi connectivity index (χ2v) is 3.41. The molecule has 2 aromatic heterocycles. The van der Waals surface area contributed by atoms with E-state index in [1.807, 2.05) is 6.92 Å². The van der Waals surface area contributed by atoms with Crippen LogP contribution < -0.4 is 5.73 Å². The van der Waals surface area contributed by atoms with Crippen LogP contribution in [0.5, 0.6) is 0 Å². The maximum Gasteiger partial charge on any atom is 0.251 e. The van der Waals surface area contributed by atoms with Crippen molar-refractivity contribution in [2.45, 2.75) is 19.4 Å². The Balaban J connectivity index is 2.17. The predicted octanol–water partition coefficient (Wildman–Crippen LogP) is -0.0530. The molecule has 0 saturated carbocycles. The Kier molecular flexibility index (Phi) is 2.68. The van der Waals surface area contributed by atoms with E-state index in [9.17, 15) is 0 Å². The molecule has 0 fully saturated rings. The summed E-state index contributed by atoms with van der Waals surface area (Å²) in [6.45, 7) is 1.95. The lowest BCUT2D eigenvalue weighted by atomic mass is 10.1. The number of hydrogen-bond donors (Lipinski definition) is 1. The molecule has 1 atom stereocenters. The largest absolute Gasteiger partial charge is 0.328 e. The third kappa shape index (κ3) is 2.35. The molecule has 2 N–H and O–H groups in total. The first-order valence-electron chi connectivity index (χ1n) is 4.67. The van der Waals surface area contributed by atoms with Crippen LogP contribution in [0.3, 0.4) is 0 Å². The summed E-state index contributed by atoms with van der Waals surface area (Å²) in [5.41, 5.74) is 6.70. The lowest BCUT2D eigenvalue weighted by molar-refractivity contribution is 0.725. The summed E-state index contributed by atoms with van der Waals surface area (Å²) in [5.74, 6) is 0.515. The third-order valence-electron chi connectivity index (χ3n) is 1.87. The van der Waals surface area contributed by atoms with Crippen molar-refractivity contribution in [1.82, 2.24) is 24.7 Å². The van der Waals surface area contributed by atoms with Crippen molar-refractivity contribution in [2.75, 3.05) is 0 Å². The fraction of sp³-hybridized carbons (Fsp3) is 0.333. The summed E-state index contributed by atoms with van der Waals surface area (Å²) < 4.78 is 1.51. The van der Waals surface area contributed by atoms with Gasteiger partial charge in [-0.3, -0.25) is 0 Å². The van der Waals surface area contributed by atoms with Gasteiger partial charge in [-0.25, -0.2) is 15.0 Å². The number of nitrogens with zero attached hydrogens (tertiary/aromatic N) is 5. The number of rotatable bonds is 3. The van der Waals surface area contributed by atoms with Gasteiger partial charge in [0.2, 0.25) is 0 Å². The van der Waals surface area contributed by atoms with Gasteiger partial charge in [-0.1, -0.05) is 0 Å². The number of nitrogens with two attached hydrogens (primary N) is 1. The Morgan fingerprint density at radius 2 is 2.13 bits per heavy atom. The Hall–Kier alpha value is -1.82. The molecule has 0 bridgehead atoms. The maximum absolute atomic E-state index is 5.67. The minimum atomic E-state index is 0.117. The topological polar surface area (TPSA) is 82.5 Å². The zero-order valence-electron chi connectivity index (χ0n) is 8.41. The van der Waals surface area contributed by atoms with Gasteiger partial charge in [0.15, 0.2) is 0 Å². The Bertz CT molecular complexity index is 405. The van der Waals surface area contributed by atoms with Crippen LogP contribution in [0.25, 0.3) is 5.95 Å². The first kappa shape index (κ1) is 9.72. The minimum Gasteiger partial charge on any atom is -0.328 e. The van der Waals surface area contributed by atoms with E-state index < -0.39 is 0 Å². The number of aromatic nitrogens is 5. The highest BCUT2D eigenvalue weighted by atomic mass is 15.4. The molecule has 2 aromatic rings. The molecule has 1 unspecified atom stereocenters. The molecule has 0 saturated heterocycles. The molecule has 2 heterocycles. The first-order valence-corrected chi connectivity index (χ1v) is 4.67. The van der Waals surface area contributed by atoms with Crippen molar-refractivity contribution in [3.8, 4) is 5.95 Å². The van der Waals surface area contributed by atoms with E-state index in [-0.39, 0.29) is 6.04 Å². The molecule has 0 radical (unpaired) electrons. The molecule has 0 aliphatic heterocycles. The van der Waals surface area contributed by atoms with Crippen LogP contribution in [0.15, 0.2) is 25.0 Å². The predicted molar refractivity (Wildman–Crippen MR) is 54.3 cm³/mol. The molecule has 0 aromatic carbocycles. The lowest BCUT2D eigenvalue weighted by Crippen LogP contribution is -2.18. The van der Waals surface area contributed by atoms with Crippen LogP contribution in [-0.4, -0.2) is 30.8 Å². The van der Waals surface area contributed by atoms with E-state index in [1.165, 1.54) is 11.0 Å². The van der Waals surface area contributed by atoms with Crippen molar-refractivity contribution < 1.29 is 0 Å². The average Bonchev–Trinajstić information content (AvgIpc) is 2.71. The minimum absolute atomic E-state index is 0.117. The van der Waals surface area contributed by atoms with Crippen LogP contribution in [0.1, 0.15) is 12.5 Å². The highest BCUT2D eigenvalue weighted by Crippen LogP contribution is 2.01. The summed E-state index contributed by atoms with van der Waals surface area (Å²) >= 11 is 0. The van der Waals surface area contributed by atoms with Crippen molar-refractivity contribution in [1.29, 1.82) is 0 Å². The van der Waals surface area contributed by atoms with Gasteiger partial charge >= 0.3 is 0 Å². The van der Waals surface area contributed by atoms with Crippen molar-refractivity contribution in [3.63, 3.8) is 0 Å². The van der Waals surface area contributed by atoms with E-state index >= 15 is 0 Å². The van der Waals surface area contributed by atoms with Gasteiger partial charge in [-0.15, -0.1) is 0 Å². The van der Waals surface area contributed by atoms with Crippen LogP contribution >= 0.6 is 0 Å². The molecule has 2 rings (SSSR count). The monoisotopic (exact) mass is 204 g/mol. The molecule has 0 aliphatic rings. The Morgan fingerprint density at radius 3 is 2.67 bits per heavy atom. The van der Waals surface area contributed by atoms with Crippen molar-refractivity contribution in [2.24, 2.45) is 5.73 Å². The van der Waals surface area contributed by atoms with E-state index in [2.05, 4.69) is 20.1 Å². The lowest BCUT2D eigenvalue weighted by Gasteiger charge is -2.04. The van der Waals surface area contributed by atoms with E-state index in [0.29, 0.717) is 5.95 Å². The molecule has 0 amide bonds. The Labute approximate surface area is 87.2 Å². The standard InChI is InChI=1S/C9H12N6/c1-7(10)2-8-3-12-9(13-4-8)15-6-11-5-14-15/h3-7H,2,10H2,1H3. The molecule has 6 heteroatoms. The normalized spacial score (nSPS) is 12.7. The molecular weight excluding hydrogens is 192 g/mol. The number of hydrogen-bond acceptors (Lipinski definition) is 5. The molecule has 0 aliphatic carbocycles. The SMILES string of the molecule is CC(N)Cc1cnc(-n2cncn2)nc1. The van der Waals surface area contributed by atoms with Crippen LogP contribution in [0.2, 0.25) is 0 Å². The highest BCUT2D eigenvalue weighted by molar-refractivity contribution is 5.13. The molecule has 15 heavy (non-hydrogen) atoms. The van der Waals surface area contributed by atoms with Gasteiger partial charge in [0.05, 0.1) is 0 Å². The van der Waals surface area contributed by atoms with Gasteiger partial charge in [-0.2, -0.15) is 9.78 Å². The summed E-state index contributed by atoms with van der Waals surface area (Å²) in [4.78, 5) is 12.2. The van der Waals surface area contributed by atoms with Crippen LogP contribution in [0.4, 0.5) is 0 Å². The quantitative estimate of drug-likeness (QED) is 0.757. The smallest absolute Gasteiger partial charge is 0.251 e. The average molecular weight is 204 g/mol. The second kappa shape index (κ2) is 4.14. The van der Waals surface area contributed by atoms with Gasteiger partial charge in [-0.05, 0) is 18.9 Å². The van der Waals surface area contributed by atoms with Crippen molar-refractivity contribution >= 4 is 0 Å². The Morgan fingerprint density at radius 1 is 1.40 bits per heavy atom. The van der Waals surface area contributed by atoms with Gasteiger partial charge < -0.3 is 5.73 Å². The van der Waals surface area contributed by atoms with Crippen LogP contribution in [0, 0.1) is 0 Å². The third-order valence-corrected chi connectivity index (χ3v) is 1.87. The highest BCUT2D eigenvalue weighted by Gasteiger charge is 2.02. The van der Waals surface area contributed by atoms with Crippen molar-refractivity contribution in [3.05, 3.63) is 30.6 Å². The van der Waals surface area contributed by atoms with Gasteiger partial charge in [0.25, 0.3) is 5.95 Å². The maximum atomic E-state index is 5.67. The zero-order valence-corrected chi connectivity index (χ0v) is 8.41. The first-order chi connectivity index (χ1) is 7.25. The molecule has 0 spiro atoms. The van der Waals surface area contributed by atoms with Gasteiger partial charge in [0, 0.05) is 18.4 Å². The van der Waals surface area contributed by atoms with E-state index in [0.717, 1.165) is 12.0 Å². The molecule has 6 nitrogen and oxygen atoms in total. The fourth-order valence-electron chi connectivity index (χ4n) is 1.25. The molecule has 78 valence electrons. The van der Waals surface area contributed by atoms with E-state index in [4.69, 9.17) is 5.73 Å². The van der Waals surface area contributed by atoms with Crippen LogP contribution in [-0.2, 0) is 6.42 Å². The summed E-state index contributed by atoms with van der Waals surface area (Å²) in [6, 6.07) is 0.117. The summed E-state index contributed by atoms with van der Waals surface area (Å²) in [6.07, 6.45) is 7.29. The summed E-state index contributed by atoms with van der Waals surface area (Å²) in [5, 5.41) is 3.93. The van der Waals surface area contributed by atoms with E-state index in [1.54, 1.807) is 18.7 Å². The second-order valence-electron chi connectivity index (χ2n) is 3.41. The molecular formula is C9H12N6.